The topological polar surface area (TPSA) is 75.2 Å². The summed E-state index contributed by atoms with van der Waals surface area (Å²) in [5, 5.41) is 7.99. The Labute approximate surface area is 103 Å². The maximum atomic E-state index is 5.49. The van der Waals surface area contributed by atoms with Gasteiger partial charge >= 0.3 is 0 Å². The second-order valence-electron chi connectivity index (χ2n) is 3.41. The van der Waals surface area contributed by atoms with Crippen molar-refractivity contribution in [3.8, 4) is 11.5 Å². The van der Waals surface area contributed by atoms with E-state index in [1.807, 2.05) is 0 Å². The van der Waals surface area contributed by atoms with Crippen LogP contribution in [0.4, 0.5) is 0 Å². The highest BCUT2D eigenvalue weighted by molar-refractivity contribution is 7.80. The van der Waals surface area contributed by atoms with Gasteiger partial charge < -0.3 is 15.2 Å². The molecule has 7 heteroatoms. The number of thiocarbonyl (C=S) groups is 1. The monoisotopic (exact) mass is 252 g/mol. The summed E-state index contributed by atoms with van der Waals surface area (Å²) >= 11 is 4.85. The van der Waals surface area contributed by atoms with Crippen molar-refractivity contribution >= 4 is 28.2 Å². The fraction of sp³-hybridized carbons (Fsp3) is 0.300. The molecule has 2 aromatic rings. The van der Waals surface area contributed by atoms with Gasteiger partial charge in [0, 0.05) is 12.1 Å². The van der Waals surface area contributed by atoms with E-state index >= 15 is 0 Å². The van der Waals surface area contributed by atoms with E-state index in [9.17, 15) is 0 Å². The maximum Gasteiger partial charge on any atom is 0.163 e. The van der Waals surface area contributed by atoms with Crippen LogP contribution in [0.15, 0.2) is 12.1 Å². The Morgan fingerprint density at radius 2 is 2.00 bits per heavy atom. The Kier molecular flexibility index (Phi) is 3.10. The number of rotatable bonds is 4. The molecule has 90 valence electrons. The van der Waals surface area contributed by atoms with Crippen LogP contribution in [0.25, 0.3) is 11.0 Å². The highest BCUT2D eigenvalue weighted by atomic mass is 32.1. The first-order valence-corrected chi connectivity index (χ1v) is 5.30. The fourth-order valence-corrected chi connectivity index (χ4v) is 1.68. The molecule has 0 saturated carbocycles. The first-order valence-electron chi connectivity index (χ1n) is 4.89. The predicted octanol–water partition coefficient (Wildman–Crippen LogP) is 0.735. The molecule has 0 atom stereocenters. The molecule has 6 nitrogen and oxygen atoms in total. The lowest BCUT2D eigenvalue weighted by atomic mass is 10.2. The highest BCUT2D eigenvalue weighted by Crippen LogP contribution is 2.30. The lowest BCUT2D eigenvalue weighted by molar-refractivity contribution is 0.355. The summed E-state index contributed by atoms with van der Waals surface area (Å²) in [5.74, 6) is 1.23. The van der Waals surface area contributed by atoms with Crippen LogP contribution < -0.4 is 15.2 Å². The first kappa shape index (κ1) is 11.6. The van der Waals surface area contributed by atoms with E-state index in [1.54, 1.807) is 31.0 Å². The lowest BCUT2D eigenvalue weighted by Gasteiger charge is -2.07. The highest BCUT2D eigenvalue weighted by Gasteiger charge is 2.11. The first-order chi connectivity index (χ1) is 8.15. The summed E-state index contributed by atoms with van der Waals surface area (Å²) in [4.78, 5) is 0.353. The average molecular weight is 252 g/mol. The molecule has 0 unspecified atom stereocenters. The van der Waals surface area contributed by atoms with Crippen LogP contribution in [0.2, 0.25) is 0 Å². The van der Waals surface area contributed by atoms with Crippen molar-refractivity contribution in [3.63, 3.8) is 0 Å². The van der Waals surface area contributed by atoms with Gasteiger partial charge in [0.2, 0.25) is 0 Å². The van der Waals surface area contributed by atoms with Crippen LogP contribution in [0.3, 0.4) is 0 Å². The second-order valence-corrected chi connectivity index (χ2v) is 3.93. The Bertz CT molecular complexity index is 567. The smallest absolute Gasteiger partial charge is 0.163 e. The molecule has 17 heavy (non-hydrogen) atoms. The maximum absolute atomic E-state index is 5.49. The summed E-state index contributed by atoms with van der Waals surface area (Å²) < 4.78 is 12.0. The van der Waals surface area contributed by atoms with Gasteiger partial charge in [-0.3, -0.25) is 0 Å². The molecule has 2 N–H and O–H groups in total. The van der Waals surface area contributed by atoms with Gasteiger partial charge in [-0.25, -0.2) is 4.68 Å². The minimum Gasteiger partial charge on any atom is -0.493 e. The number of nitrogens with two attached hydrogens (primary N) is 1. The summed E-state index contributed by atoms with van der Waals surface area (Å²) in [6.45, 7) is 0.349. The van der Waals surface area contributed by atoms with E-state index in [0.29, 0.717) is 28.5 Å². The van der Waals surface area contributed by atoms with Gasteiger partial charge in [-0.15, -0.1) is 5.10 Å². The van der Waals surface area contributed by atoms with Gasteiger partial charge in [0.1, 0.15) is 5.52 Å². The van der Waals surface area contributed by atoms with Gasteiger partial charge in [0.15, 0.2) is 11.5 Å². The number of fused-ring (bicyclic) bond motifs is 1. The van der Waals surface area contributed by atoms with E-state index in [4.69, 9.17) is 27.4 Å². The zero-order valence-electron chi connectivity index (χ0n) is 9.51. The summed E-state index contributed by atoms with van der Waals surface area (Å²) in [5.41, 5.74) is 7.00. The van der Waals surface area contributed by atoms with E-state index in [1.165, 1.54) is 0 Å². The molecule has 0 fully saturated rings. The Balaban J connectivity index is 2.56. The van der Waals surface area contributed by atoms with Gasteiger partial charge in [0.05, 0.1) is 31.3 Å². The number of hydrogen-bond acceptors (Lipinski definition) is 5. The zero-order valence-corrected chi connectivity index (χ0v) is 10.3. The van der Waals surface area contributed by atoms with Crippen LogP contribution >= 0.6 is 12.2 Å². The van der Waals surface area contributed by atoms with Crippen molar-refractivity contribution in [2.45, 2.75) is 6.54 Å². The minimum absolute atomic E-state index is 0.349. The molecule has 0 saturated heterocycles. The number of ether oxygens (including phenoxy) is 2. The van der Waals surface area contributed by atoms with Crippen molar-refractivity contribution in [2.24, 2.45) is 5.73 Å². The molecule has 0 aliphatic rings. The summed E-state index contributed by atoms with van der Waals surface area (Å²) in [7, 11) is 3.15. The number of aromatic nitrogens is 3. The third-order valence-corrected chi connectivity index (χ3v) is 2.45. The van der Waals surface area contributed by atoms with Crippen LogP contribution in [0.5, 0.6) is 11.5 Å². The molecule has 2 rings (SSSR count). The molecule has 0 amide bonds. The van der Waals surface area contributed by atoms with Crippen LogP contribution in [0, 0.1) is 0 Å². The number of methoxy groups -OCH3 is 2. The normalized spacial score (nSPS) is 10.5. The van der Waals surface area contributed by atoms with Gasteiger partial charge in [-0.1, -0.05) is 17.4 Å². The lowest BCUT2D eigenvalue weighted by Crippen LogP contribution is -2.17. The minimum atomic E-state index is 0.349. The van der Waals surface area contributed by atoms with Gasteiger partial charge in [0.25, 0.3) is 0 Å². The SMILES string of the molecule is COc1cc2nnn(CC(N)=S)c2cc1OC. The summed E-state index contributed by atoms with van der Waals surface area (Å²) in [6, 6.07) is 3.56. The van der Waals surface area contributed by atoms with E-state index in [0.717, 1.165) is 5.52 Å². The molecular weight excluding hydrogens is 240 g/mol. The molecule has 0 bridgehead atoms. The van der Waals surface area contributed by atoms with Crippen molar-refractivity contribution in [1.82, 2.24) is 15.0 Å². The quantitative estimate of drug-likeness (QED) is 0.809. The molecule has 1 heterocycles. The van der Waals surface area contributed by atoms with E-state index in [2.05, 4.69) is 10.3 Å². The second kappa shape index (κ2) is 4.54. The van der Waals surface area contributed by atoms with Crippen LogP contribution in [-0.4, -0.2) is 34.2 Å². The van der Waals surface area contributed by atoms with E-state index < -0.39 is 0 Å². The number of benzene rings is 1. The predicted molar refractivity (Wildman–Crippen MR) is 67.4 cm³/mol. The van der Waals surface area contributed by atoms with Crippen molar-refractivity contribution in [3.05, 3.63) is 12.1 Å². The van der Waals surface area contributed by atoms with Crippen molar-refractivity contribution in [1.29, 1.82) is 0 Å². The molecular formula is C10H12N4O2S. The Morgan fingerprint density at radius 3 is 2.59 bits per heavy atom. The molecule has 1 aromatic heterocycles. The molecule has 0 radical (unpaired) electrons. The third-order valence-electron chi connectivity index (χ3n) is 2.32. The number of hydrogen-bond donors (Lipinski definition) is 1. The van der Waals surface area contributed by atoms with Crippen LogP contribution in [0.1, 0.15) is 0 Å². The Hall–Kier alpha value is -1.89. The fourth-order valence-electron chi connectivity index (χ4n) is 1.56. The van der Waals surface area contributed by atoms with Crippen molar-refractivity contribution in [2.75, 3.05) is 14.2 Å². The molecule has 0 spiro atoms. The third kappa shape index (κ3) is 2.14. The standard InChI is InChI=1S/C10H12N4O2S/c1-15-8-3-6-7(4-9(8)16-2)14(13-12-6)5-10(11)17/h3-4H,5H2,1-2H3,(H2,11,17). The Morgan fingerprint density at radius 1 is 1.35 bits per heavy atom. The molecule has 0 aliphatic carbocycles. The molecule has 1 aromatic carbocycles. The molecule has 0 aliphatic heterocycles. The summed E-state index contributed by atoms with van der Waals surface area (Å²) in [6.07, 6.45) is 0. The van der Waals surface area contributed by atoms with Crippen LogP contribution in [-0.2, 0) is 6.54 Å². The average Bonchev–Trinajstić information content (AvgIpc) is 2.69. The van der Waals surface area contributed by atoms with Gasteiger partial charge in [-0.05, 0) is 0 Å². The largest absolute Gasteiger partial charge is 0.493 e. The zero-order chi connectivity index (χ0) is 12.4. The van der Waals surface area contributed by atoms with Crippen molar-refractivity contribution < 1.29 is 9.47 Å². The number of nitrogens with zero attached hydrogens (tertiary/aromatic N) is 3. The van der Waals surface area contributed by atoms with Gasteiger partial charge in [-0.2, -0.15) is 0 Å². The van der Waals surface area contributed by atoms with E-state index in [-0.39, 0.29) is 0 Å².